The monoisotopic (exact) mass is 211 g/mol. The van der Waals surface area contributed by atoms with Gasteiger partial charge in [-0.15, -0.1) is 0 Å². The molecule has 0 spiro atoms. The summed E-state index contributed by atoms with van der Waals surface area (Å²) in [5, 5.41) is 3.43. The van der Waals surface area contributed by atoms with Gasteiger partial charge < -0.3 is 16.0 Å². The Labute approximate surface area is 93.7 Å². The molecule has 1 heterocycles. The van der Waals surface area contributed by atoms with Crippen molar-refractivity contribution in [2.45, 2.75) is 39.7 Å². The fraction of sp³-hybridized carbons (Fsp3) is 0.833. The summed E-state index contributed by atoms with van der Waals surface area (Å²) in [6.45, 7) is 10.1. The van der Waals surface area contributed by atoms with Crippen LogP contribution >= 0.6 is 0 Å². The van der Waals surface area contributed by atoms with Crippen LogP contribution in [0.25, 0.3) is 0 Å². The zero-order chi connectivity index (χ0) is 11.3. The van der Waals surface area contributed by atoms with Crippen molar-refractivity contribution in [3.05, 3.63) is 11.9 Å². The quantitative estimate of drug-likeness (QED) is 0.741. The van der Waals surface area contributed by atoms with Gasteiger partial charge >= 0.3 is 0 Å². The van der Waals surface area contributed by atoms with Gasteiger partial charge in [0.2, 0.25) is 0 Å². The smallest absolute Gasteiger partial charge is 0.0280 e. The van der Waals surface area contributed by atoms with E-state index in [1.807, 2.05) is 6.20 Å². The number of nitrogens with one attached hydrogen (secondary N) is 1. The molecule has 1 aliphatic rings. The molecular formula is C12H25N3. The second kappa shape index (κ2) is 6.01. The first-order valence-corrected chi connectivity index (χ1v) is 6.07. The molecule has 88 valence electrons. The minimum absolute atomic E-state index is 0.438. The SMILES string of the molecule is CCN1CCC(N/C=C(\N)C(C)C)CC1. The predicted molar refractivity (Wildman–Crippen MR) is 65.4 cm³/mol. The number of nitrogens with two attached hydrogens (primary N) is 1. The standard InChI is InChI=1S/C12H25N3/c1-4-15-7-5-11(6-8-15)14-9-12(13)10(2)3/h9-11,14H,4-8,13H2,1-3H3/b12-9-. The van der Waals surface area contributed by atoms with Gasteiger partial charge in [0, 0.05) is 31.0 Å². The summed E-state index contributed by atoms with van der Waals surface area (Å²) in [6.07, 6.45) is 4.46. The van der Waals surface area contributed by atoms with Gasteiger partial charge in [0.1, 0.15) is 0 Å². The lowest BCUT2D eigenvalue weighted by Crippen LogP contribution is -2.41. The molecule has 0 atom stereocenters. The van der Waals surface area contributed by atoms with Gasteiger partial charge in [-0.25, -0.2) is 0 Å². The van der Waals surface area contributed by atoms with Crippen LogP contribution in [0.15, 0.2) is 11.9 Å². The van der Waals surface area contributed by atoms with Crippen LogP contribution < -0.4 is 11.1 Å². The summed E-state index contributed by atoms with van der Waals surface area (Å²) in [4.78, 5) is 2.49. The number of hydrogen-bond donors (Lipinski definition) is 2. The van der Waals surface area contributed by atoms with Gasteiger partial charge in [-0.1, -0.05) is 20.8 Å². The third-order valence-corrected chi connectivity index (χ3v) is 3.19. The van der Waals surface area contributed by atoms with E-state index in [1.54, 1.807) is 0 Å². The molecule has 15 heavy (non-hydrogen) atoms. The van der Waals surface area contributed by atoms with Gasteiger partial charge in [-0.2, -0.15) is 0 Å². The van der Waals surface area contributed by atoms with E-state index in [-0.39, 0.29) is 0 Å². The molecule has 0 radical (unpaired) electrons. The van der Waals surface area contributed by atoms with Crippen molar-refractivity contribution < 1.29 is 0 Å². The first-order chi connectivity index (χ1) is 7.13. The first kappa shape index (κ1) is 12.4. The molecule has 0 unspecified atom stereocenters. The van der Waals surface area contributed by atoms with Crippen molar-refractivity contribution in [1.82, 2.24) is 10.2 Å². The van der Waals surface area contributed by atoms with Crippen molar-refractivity contribution in [1.29, 1.82) is 0 Å². The van der Waals surface area contributed by atoms with Gasteiger partial charge in [0.25, 0.3) is 0 Å². The lowest BCUT2D eigenvalue weighted by Gasteiger charge is -2.31. The van der Waals surface area contributed by atoms with Gasteiger partial charge in [0.15, 0.2) is 0 Å². The maximum Gasteiger partial charge on any atom is 0.0280 e. The lowest BCUT2D eigenvalue weighted by atomic mass is 10.1. The molecule has 3 N–H and O–H groups in total. The number of likely N-dealkylation sites (tertiary alicyclic amines) is 1. The Hall–Kier alpha value is -0.700. The van der Waals surface area contributed by atoms with E-state index in [4.69, 9.17) is 5.73 Å². The fourth-order valence-corrected chi connectivity index (χ4v) is 1.80. The van der Waals surface area contributed by atoms with Crippen LogP contribution in [0.1, 0.15) is 33.6 Å². The van der Waals surface area contributed by atoms with E-state index in [9.17, 15) is 0 Å². The van der Waals surface area contributed by atoms with E-state index >= 15 is 0 Å². The first-order valence-electron chi connectivity index (χ1n) is 6.07. The molecular weight excluding hydrogens is 186 g/mol. The minimum atomic E-state index is 0.438. The van der Waals surface area contributed by atoms with Gasteiger partial charge in [0.05, 0.1) is 0 Å². The summed E-state index contributed by atoms with van der Waals surface area (Å²) < 4.78 is 0. The number of rotatable bonds is 4. The highest BCUT2D eigenvalue weighted by Gasteiger charge is 2.16. The van der Waals surface area contributed by atoms with Crippen LogP contribution in [0.3, 0.4) is 0 Å². The van der Waals surface area contributed by atoms with Crippen LogP contribution in [0.5, 0.6) is 0 Å². The second-order valence-electron chi connectivity index (χ2n) is 4.67. The van der Waals surface area contributed by atoms with Crippen LogP contribution in [0, 0.1) is 5.92 Å². The number of nitrogens with zero attached hydrogens (tertiary/aromatic N) is 1. The lowest BCUT2D eigenvalue weighted by molar-refractivity contribution is 0.213. The topological polar surface area (TPSA) is 41.3 Å². The maximum atomic E-state index is 5.88. The third kappa shape index (κ3) is 4.12. The molecule has 0 aliphatic carbocycles. The van der Waals surface area contributed by atoms with E-state index in [2.05, 4.69) is 31.0 Å². The average Bonchev–Trinajstić information content (AvgIpc) is 2.26. The molecule has 1 rings (SSSR count). The summed E-state index contributed by atoms with van der Waals surface area (Å²) in [5.74, 6) is 0.438. The molecule has 0 saturated carbocycles. The molecule has 1 saturated heterocycles. The zero-order valence-corrected chi connectivity index (χ0v) is 10.3. The molecule has 3 nitrogen and oxygen atoms in total. The van der Waals surface area contributed by atoms with Crippen LogP contribution in [-0.2, 0) is 0 Å². The molecule has 0 aromatic carbocycles. The van der Waals surface area contributed by atoms with E-state index in [0.29, 0.717) is 12.0 Å². The highest BCUT2D eigenvalue weighted by molar-refractivity contribution is 4.99. The molecule has 3 heteroatoms. The Morgan fingerprint density at radius 1 is 1.47 bits per heavy atom. The van der Waals surface area contributed by atoms with E-state index < -0.39 is 0 Å². The summed E-state index contributed by atoms with van der Waals surface area (Å²) in [5.41, 5.74) is 6.83. The van der Waals surface area contributed by atoms with Crippen LogP contribution in [0.4, 0.5) is 0 Å². The predicted octanol–water partition coefficient (Wildman–Crippen LogP) is 1.52. The molecule has 0 amide bonds. The van der Waals surface area contributed by atoms with Crippen molar-refractivity contribution in [3.8, 4) is 0 Å². The average molecular weight is 211 g/mol. The normalized spacial score (nSPS) is 20.9. The highest BCUT2D eigenvalue weighted by Crippen LogP contribution is 2.10. The van der Waals surface area contributed by atoms with E-state index in [1.165, 1.54) is 32.5 Å². The summed E-state index contributed by atoms with van der Waals surface area (Å²) in [6, 6.07) is 0.616. The Morgan fingerprint density at radius 2 is 2.07 bits per heavy atom. The number of allylic oxidation sites excluding steroid dienone is 1. The van der Waals surface area contributed by atoms with Crippen molar-refractivity contribution in [2.24, 2.45) is 11.7 Å². The Bertz CT molecular complexity index is 203. The molecule has 1 fully saturated rings. The maximum absolute atomic E-state index is 5.88. The zero-order valence-electron chi connectivity index (χ0n) is 10.3. The molecule has 1 aliphatic heterocycles. The van der Waals surface area contributed by atoms with Crippen molar-refractivity contribution in [3.63, 3.8) is 0 Å². The minimum Gasteiger partial charge on any atom is -0.401 e. The second-order valence-corrected chi connectivity index (χ2v) is 4.67. The number of hydrogen-bond acceptors (Lipinski definition) is 3. The Morgan fingerprint density at radius 3 is 2.53 bits per heavy atom. The highest BCUT2D eigenvalue weighted by atomic mass is 15.1. The van der Waals surface area contributed by atoms with Crippen molar-refractivity contribution in [2.75, 3.05) is 19.6 Å². The fourth-order valence-electron chi connectivity index (χ4n) is 1.80. The van der Waals surface area contributed by atoms with Crippen LogP contribution in [-0.4, -0.2) is 30.6 Å². The van der Waals surface area contributed by atoms with Crippen molar-refractivity contribution >= 4 is 0 Å². The van der Waals surface area contributed by atoms with Gasteiger partial charge in [-0.3, -0.25) is 0 Å². The van der Waals surface area contributed by atoms with Gasteiger partial charge in [-0.05, 0) is 25.3 Å². The van der Waals surface area contributed by atoms with Crippen LogP contribution in [0.2, 0.25) is 0 Å². The molecule has 0 bridgehead atoms. The summed E-state index contributed by atoms with van der Waals surface area (Å²) >= 11 is 0. The Kier molecular flexibility index (Phi) is 4.95. The largest absolute Gasteiger partial charge is 0.401 e. The third-order valence-electron chi connectivity index (χ3n) is 3.19. The molecule has 0 aromatic rings. The summed E-state index contributed by atoms with van der Waals surface area (Å²) in [7, 11) is 0. The Balaban J connectivity index is 2.27. The number of piperidine rings is 1. The van der Waals surface area contributed by atoms with E-state index in [0.717, 1.165) is 5.70 Å². The molecule has 0 aromatic heterocycles.